The Kier molecular flexibility index (Phi) is 7.26. The van der Waals surface area contributed by atoms with Gasteiger partial charge in [-0.05, 0) is 79.7 Å². The number of carbonyl (C=O) groups is 1. The van der Waals surface area contributed by atoms with Gasteiger partial charge in [0.1, 0.15) is 5.82 Å². The number of fused-ring (bicyclic) bond motifs is 3. The van der Waals surface area contributed by atoms with Crippen LogP contribution in [0.15, 0.2) is 36.9 Å². The first kappa shape index (κ1) is 26.3. The van der Waals surface area contributed by atoms with Gasteiger partial charge in [0.05, 0.1) is 17.0 Å². The molecule has 2 aromatic rings. The predicted octanol–water partition coefficient (Wildman–Crippen LogP) is 8.46. The molecule has 0 unspecified atom stereocenters. The Morgan fingerprint density at radius 2 is 1.56 bits per heavy atom. The van der Waals surface area contributed by atoms with E-state index in [4.69, 9.17) is 4.74 Å². The fourth-order valence-corrected chi connectivity index (χ4v) is 5.33. The van der Waals surface area contributed by atoms with Crippen LogP contribution >= 0.6 is 0 Å². The van der Waals surface area contributed by atoms with E-state index in [-0.39, 0.29) is 12.0 Å². The average molecular weight is 511 g/mol. The van der Waals surface area contributed by atoms with Crippen molar-refractivity contribution in [3.63, 3.8) is 0 Å². The molecule has 0 heterocycles. The molecule has 0 N–H and O–H groups in total. The minimum Gasteiger partial charge on any atom is -0.423 e. The van der Waals surface area contributed by atoms with Crippen LogP contribution in [0.25, 0.3) is 11.1 Å². The summed E-state index contributed by atoms with van der Waals surface area (Å²) in [5, 5.41) is 0. The minimum absolute atomic E-state index is 0.0903. The van der Waals surface area contributed by atoms with Gasteiger partial charge in [-0.1, -0.05) is 31.6 Å². The zero-order valence-corrected chi connectivity index (χ0v) is 20.0. The number of allylic oxidation sites excluding steroid dienone is 1. The summed E-state index contributed by atoms with van der Waals surface area (Å²) in [7, 11) is 0. The van der Waals surface area contributed by atoms with Crippen molar-refractivity contribution in [2.24, 2.45) is 11.8 Å². The van der Waals surface area contributed by atoms with Crippen molar-refractivity contribution in [2.75, 3.05) is 0 Å². The van der Waals surface area contributed by atoms with Gasteiger partial charge >= 0.3 is 17.8 Å². The van der Waals surface area contributed by atoms with Crippen LogP contribution in [0.4, 0.5) is 26.3 Å². The van der Waals surface area contributed by atoms with Crippen molar-refractivity contribution in [2.45, 2.75) is 70.1 Å². The normalized spacial score (nSPS) is 21.9. The van der Waals surface area contributed by atoms with Gasteiger partial charge in [0.15, 0.2) is 11.6 Å². The number of aryl methyl sites for hydroxylation is 1. The Morgan fingerprint density at radius 1 is 0.972 bits per heavy atom. The molecule has 0 bridgehead atoms. The zero-order chi connectivity index (χ0) is 26.3. The lowest BCUT2D eigenvalue weighted by molar-refractivity contribution is -0.228. The number of alkyl halides is 4. The maximum atomic E-state index is 15.3. The number of hydrogen-bond donors (Lipinski definition) is 0. The van der Waals surface area contributed by atoms with Crippen LogP contribution in [-0.2, 0) is 23.1 Å². The van der Waals surface area contributed by atoms with Gasteiger partial charge in [-0.3, -0.25) is 4.79 Å². The van der Waals surface area contributed by atoms with E-state index in [0.717, 1.165) is 43.9 Å². The van der Waals surface area contributed by atoms with E-state index in [0.29, 0.717) is 25.2 Å². The molecule has 0 aliphatic heterocycles. The molecule has 0 radical (unpaired) electrons. The summed E-state index contributed by atoms with van der Waals surface area (Å²) in [5.41, 5.74) is -4.21. The summed E-state index contributed by atoms with van der Waals surface area (Å²) in [6, 6.07) is 4.30. The standard InChI is InChI=1S/C28H28F6O2/c1-3-5-7-16-8-10-18(11-9-16)26(35)36-21-15-14-20-19-13-12-17(6-4-2)24(29)22(19)27(31,32)28(33,34)23(20)25(21)30/h3,12-16,18H,1,4-11H2,2H3. The molecule has 194 valence electrons. The average Bonchev–Trinajstić information content (AvgIpc) is 2.84. The fourth-order valence-electron chi connectivity index (χ4n) is 5.33. The van der Waals surface area contributed by atoms with Crippen molar-refractivity contribution >= 4 is 5.97 Å². The Morgan fingerprint density at radius 3 is 2.14 bits per heavy atom. The molecule has 36 heavy (non-hydrogen) atoms. The molecular formula is C28H28F6O2. The third kappa shape index (κ3) is 4.33. The smallest absolute Gasteiger partial charge is 0.343 e. The second-order valence-corrected chi connectivity index (χ2v) is 9.67. The molecule has 1 fully saturated rings. The van der Waals surface area contributed by atoms with Gasteiger partial charge in [-0.15, -0.1) is 6.58 Å². The van der Waals surface area contributed by atoms with E-state index in [9.17, 15) is 9.18 Å². The third-order valence-corrected chi connectivity index (χ3v) is 7.33. The Hall–Kier alpha value is -2.77. The first-order chi connectivity index (χ1) is 17.0. The second-order valence-electron chi connectivity index (χ2n) is 9.67. The quantitative estimate of drug-likeness (QED) is 0.162. The van der Waals surface area contributed by atoms with Crippen LogP contribution in [0.5, 0.6) is 5.75 Å². The number of benzene rings is 2. The number of esters is 1. The van der Waals surface area contributed by atoms with Gasteiger partial charge in [0.2, 0.25) is 0 Å². The van der Waals surface area contributed by atoms with E-state index in [1.807, 2.05) is 6.08 Å². The summed E-state index contributed by atoms with van der Waals surface area (Å²) < 4.78 is 95.7. The molecule has 8 heteroatoms. The van der Waals surface area contributed by atoms with Gasteiger partial charge in [-0.2, -0.15) is 17.6 Å². The molecule has 2 aliphatic carbocycles. The van der Waals surface area contributed by atoms with E-state index in [1.54, 1.807) is 6.92 Å². The zero-order valence-electron chi connectivity index (χ0n) is 20.0. The Labute approximate surface area is 206 Å². The lowest BCUT2D eigenvalue weighted by Crippen LogP contribution is -2.41. The highest BCUT2D eigenvalue weighted by Crippen LogP contribution is 2.60. The summed E-state index contributed by atoms with van der Waals surface area (Å²) in [5.74, 6) is -14.9. The molecule has 0 spiro atoms. The lowest BCUT2D eigenvalue weighted by Gasteiger charge is -2.36. The van der Waals surface area contributed by atoms with Crippen molar-refractivity contribution < 1.29 is 35.9 Å². The van der Waals surface area contributed by atoms with Crippen LogP contribution in [0.3, 0.4) is 0 Å². The second kappa shape index (κ2) is 9.94. The van der Waals surface area contributed by atoms with Gasteiger partial charge in [0, 0.05) is 0 Å². The fraction of sp³-hybridized carbons (Fsp3) is 0.464. The lowest BCUT2D eigenvalue weighted by atomic mass is 9.78. The molecule has 2 aliphatic rings. The molecule has 2 aromatic carbocycles. The first-order valence-electron chi connectivity index (χ1n) is 12.3. The number of carbonyl (C=O) groups excluding carboxylic acids is 1. The SMILES string of the molecule is C=CCCC1CCC(C(=O)Oc2ccc3c(c2F)C(F)(F)C(F)(F)c2c-3ccc(CCC)c2F)CC1. The molecule has 0 aromatic heterocycles. The third-order valence-electron chi connectivity index (χ3n) is 7.33. The van der Waals surface area contributed by atoms with Crippen LogP contribution in [0.2, 0.25) is 0 Å². The summed E-state index contributed by atoms with van der Waals surface area (Å²) in [4.78, 5) is 12.6. The highest BCUT2D eigenvalue weighted by molar-refractivity contribution is 5.79. The Balaban J connectivity index is 1.66. The van der Waals surface area contributed by atoms with Gasteiger partial charge in [-0.25, -0.2) is 8.78 Å². The number of ether oxygens (including phenoxy) is 1. The van der Waals surface area contributed by atoms with Crippen molar-refractivity contribution in [3.05, 3.63) is 65.2 Å². The molecule has 2 nitrogen and oxygen atoms in total. The van der Waals surface area contributed by atoms with Crippen LogP contribution in [-0.4, -0.2) is 5.97 Å². The largest absolute Gasteiger partial charge is 0.423 e. The molecular weight excluding hydrogens is 482 g/mol. The topological polar surface area (TPSA) is 26.3 Å². The van der Waals surface area contributed by atoms with Gasteiger partial charge in [0.25, 0.3) is 0 Å². The molecule has 4 rings (SSSR count). The van der Waals surface area contributed by atoms with Crippen molar-refractivity contribution in [3.8, 4) is 16.9 Å². The number of halogens is 6. The highest BCUT2D eigenvalue weighted by Gasteiger charge is 2.65. The maximum absolute atomic E-state index is 15.3. The first-order valence-corrected chi connectivity index (χ1v) is 12.3. The van der Waals surface area contributed by atoms with E-state index in [2.05, 4.69) is 6.58 Å². The van der Waals surface area contributed by atoms with Crippen LogP contribution < -0.4 is 4.74 Å². The maximum Gasteiger partial charge on any atom is 0.343 e. The van der Waals surface area contributed by atoms with Crippen molar-refractivity contribution in [1.82, 2.24) is 0 Å². The van der Waals surface area contributed by atoms with E-state index in [1.165, 1.54) is 6.07 Å². The molecule has 1 saturated carbocycles. The molecule has 0 amide bonds. The monoisotopic (exact) mass is 510 g/mol. The number of hydrogen-bond acceptors (Lipinski definition) is 2. The summed E-state index contributed by atoms with van der Waals surface area (Å²) in [6.45, 7) is 5.39. The molecule has 0 atom stereocenters. The Bertz CT molecular complexity index is 1170. The minimum atomic E-state index is -5.06. The van der Waals surface area contributed by atoms with Crippen LogP contribution in [0, 0.1) is 23.5 Å². The highest BCUT2D eigenvalue weighted by atomic mass is 19.3. The van der Waals surface area contributed by atoms with E-state index >= 15 is 22.0 Å². The van der Waals surface area contributed by atoms with Crippen LogP contribution in [0.1, 0.15) is 68.6 Å². The summed E-state index contributed by atoms with van der Waals surface area (Å²) >= 11 is 0. The number of rotatable bonds is 7. The van der Waals surface area contributed by atoms with E-state index < -0.39 is 63.4 Å². The molecule has 0 saturated heterocycles. The van der Waals surface area contributed by atoms with Gasteiger partial charge < -0.3 is 4.74 Å². The predicted molar refractivity (Wildman–Crippen MR) is 124 cm³/mol. The van der Waals surface area contributed by atoms with Crippen molar-refractivity contribution in [1.29, 1.82) is 0 Å². The summed E-state index contributed by atoms with van der Waals surface area (Å²) in [6.07, 6.45) is 6.72.